The molecule has 0 bridgehead atoms. The minimum absolute atomic E-state index is 0.0245. The Morgan fingerprint density at radius 2 is 1.81 bits per heavy atom. The van der Waals surface area contributed by atoms with Crippen LogP contribution in [-0.4, -0.2) is 44.8 Å². The van der Waals surface area contributed by atoms with E-state index in [-0.39, 0.29) is 29.5 Å². The van der Waals surface area contributed by atoms with Crippen LogP contribution in [0.1, 0.15) is 63.1 Å². The zero-order valence-electron chi connectivity index (χ0n) is 24.8. The summed E-state index contributed by atoms with van der Waals surface area (Å²) >= 11 is 0. The number of anilines is 1. The lowest BCUT2D eigenvalue weighted by Crippen LogP contribution is -2.39. The van der Waals surface area contributed by atoms with E-state index in [4.69, 9.17) is 0 Å². The number of fused-ring (bicyclic) bond motifs is 1. The highest BCUT2D eigenvalue weighted by Crippen LogP contribution is 2.49. The highest BCUT2D eigenvalue weighted by atomic mass is 16.6. The normalized spacial score (nSPS) is 21.8. The predicted octanol–water partition coefficient (Wildman–Crippen LogP) is 5.62. The number of hydrogen-bond donors (Lipinski definition) is 3. The lowest BCUT2D eigenvalue weighted by molar-refractivity contribution is -0.384. The van der Waals surface area contributed by atoms with E-state index in [2.05, 4.69) is 6.08 Å². The molecule has 1 heterocycles. The van der Waals surface area contributed by atoms with E-state index >= 15 is 0 Å². The number of aromatic hydroxyl groups is 1. The van der Waals surface area contributed by atoms with Crippen molar-refractivity contribution in [3.8, 4) is 5.75 Å². The number of aliphatic hydroxyl groups is 2. The van der Waals surface area contributed by atoms with Crippen LogP contribution >= 0.6 is 0 Å². The first-order valence-electron chi connectivity index (χ1n) is 14.5. The van der Waals surface area contributed by atoms with E-state index < -0.39 is 47.2 Å². The van der Waals surface area contributed by atoms with Crippen LogP contribution in [0.15, 0.2) is 53.1 Å². The average molecular weight is 577 g/mol. The molecule has 9 nitrogen and oxygen atoms in total. The SMILES string of the molecule is CC/C(=C\c1cc(C)c(O)c(C)c1)CC[C@@H](O)C1=C(C(C)C)C[C@H]2C(=O)N(c3cccc([N+](=O)[O-])c3)C(=O)[C@H]2[C@H]1CO. The number of nitrogens with zero attached hydrogens (tertiary/aromatic N) is 2. The third-order valence-electron chi connectivity index (χ3n) is 8.75. The number of aryl methyl sites for hydroxylation is 2. The van der Waals surface area contributed by atoms with E-state index in [0.29, 0.717) is 18.4 Å². The summed E-state index contributed by atoms with van der Waals surface area (Å²) in [4.78, 5) is 39.1. The fourth-order valence-corrected chi connectivity index (χ4v) is 6.58. The Kier molecular flexibility index (Phi) is 9.33. The van der Waals surface area contributed by atoms with Gasteiger partial charge in [-0.25, -0.2) is 4.90 Å². The molecule has 1 aliphatic carbocycles. The molecule has 1 fully saturated rings. The lowest BCUT2D eigenvalue weighted by Gasteiger charge is -2.38. The van der Waals surface area contributed by atoms with Gasteiger partial charge >= 0.3 is 0 Å². The van der Waals surface area contributed by atoms with Gasteiger partial charge in [-0.05, 0) is 85.9 Å². The molecular weight excluding hydrogens is 536 g/mol. The van der Waals surface area contributed by atoms with Crippen LogP contribution < -0.4 is 4.90 Å². The Bertz CT molecular complexity index is 1440. The van der Waals surface area contributed by atoms with Gasteiger partial charge in [0.05, 0.1) is 35.2 Å². The quantitative estimate of drug-likeness (QED) is 0.144. The monoisotopic (exact) mass is 576 g/mol. The largest absolute Gasteiger partial charge is 0.507 e. The van der Waals surface area contributed by atoms with Gasteiger partial charge < -0.3 is 15.3 Å². The molecule has 0 unspecified atom stereocenters. The Balaban J connectivity index is 1.62. The van der Waals surface area contributed by atoms with Crippen molar-refractivity contribution in [1.29, 1.82) is 0 Å². The molecule has 0 spiro atoms. The van der Waals surface area contributed by atoms with Crippen molar-refractivity contribution in [3.63, 3.8) is 0 Å². The van der Waals surface area contributed by atoms with Gasteiger partial charge in [-0.15, -0.1) is 0 Å². The van der Waals surface area contributed by atoms with Gasteiger partial charge in [0.1, 0.15) is 5.75 Å². The Labute approximate surface area is 246 Å². The van der Waals surface area contributed by atoms with Gasteiger partial charge in [0, 0.05) is 18.1 Å². The van der Waals surface area contributed by atoms with Crippen LogP contribution in [0, 0.1) is 47.6 Å². The summed E-state index contributed by atoms with van der Waals surface area (Å²) in [7, 11) is 0. The maximum atomic E-state index is 13.7. The highest BCUT2D eigenvalue weighted by molar-refractivity contribution is 6.22. The van der Waals surface area contributed by atoms with Crippen molar-refractivity contribution >= 4 is 29.3 Å². The Morgan fingerprint density at radius 1 is 1.14 bits per heavy atom. The number of carbonyl (C=O) groups excluding carboxylic acids is 2. The van der Waals surface area contributed by atoms with Crippen molar-refractivity contribution in [2.75, 3.05) is 11.5 Å². The molecule has 3 N–H and O–H groups in total. The number of imide groups is 1. The number of allylic oxidation sites excluding steroid dienone is 2. The molecular formula is C33H40N2O7. The van der Waals surface area contributed by atoms with Gasteiger partial charge in [-0.3, -0.25) is 19.7 Å². The second-order valence-corrected chi connectivity index (χ2v) is 11.8. The van der Waals surface area contributed by atoms with Crippen molar-refractivity contribution in [1.82, 2.24) is 0 Å². The first-order valence-corrected chi connectivity index (χ1v) is 14.5. The molecule has 4 rings (SSSR count). The number of non-ortho nitro benzene ring substituents is 1. The minimum atomic E-state index is -0.923. The molecule has 2 aromatic rings. The fourth-order valence-electron chi connectivity index (χ4n) is 6.58. The molecule has 0 saturated carbocycles. The van der Waals surface area contributed by atoms with Crippen LogP contribution in [0.3, 0.4) is 0 Å². The van der Waals surface area contributed by atoms with Gasteiger partial charge in [0.2, 0.25) is 11.8 Å². The van der Waals surface area contributed by atoms with Gasteiger partial charge in [-0.2, -0.15) is 0 Å². The molecule has 2 aromatic carbocycles. The van der Waals surface area contributed by atoms with E-state index in [9.17, 15) is 35.0 Å². The first kappa shape index (κ1) is 31.1. The third-order valence-corrected chi connectivity index (χ3v) is 8.75. The smallest absolute Gasteiger partial charge is 0.271 e. The van der Waals surface area contributed by atoms with Crippen LogP contribution in [0.5, 0.6) is 5.75 Å². The number of benzene rings is 2. The molecule has 224 valence electrons. The van der Waals surface area contributed by atoms with Crippen LogP contribution in [0.25, 0.3) is 6.08 Å². The summed E-state index contributed by atoms with van der Waals surface area (Å²) in [5, 5.41) is 43.6. The number of phenols is 1. The van der Waals surface area contributed by atoms with Crippen molar-refractivity contribution in [2.45, 2.75) is 66.4 Å². The summed E-state index contributed by atoms with van der Waals surface area (Å²) in [5.74, 6) is -3.01. The highest BCUT2D eigenvalue weighted by Gasteiger charge is 2.55. The number of amides is 2. The maximum Gasteiger partial charge on any atom is 0.271 e. The molecule has 4 atom stereocenters. The molecule has 0 radical (unpaired) electrons. The molecule has 9 heteroatoms. The Morgan fingerprint density at radius 3 is 2.38 bits per heavy atom. The number of nitro groups is 1. The van der Waals surface area contributed by atoms with Gasteiger partial charge in [-0.1, -0.05) is 44.1 Å². The summed E-state index contributed by atoms with van der Waals surface area (Å²) in [6, 6.07) is 9.29. The van der Waals surface area contributed by atoms with Crippen molar-refractivity contribution in [2.24, 2.45) is 23.7 Å². The predicted molar refractivity (Wildman–Crippen MR) is 161 cm³/mol. The van der Waals surface area contributed by atoms with Crippen LogP contribution in [0.2, 0.25) is 0 Å². The third kappa shape index (κ3) is 5.89. The molecule has 1 aliphatic heterocycles. The first-order chi connectivity index (χ1) is 19.9. The van der Waals surface area contributed by atoms with Crippen molar-refractivity contribution in [3.05, 3.63) is 79.9 Å². The topological polar surface area (TPSA) is 141 Å². The van der Waals surface area contributed by atoms with Gasteiger partial charge in [0.15, 0.2) is 0 Å². The fraction of sp³-hybridized carbons (Fsp3) is 0.455. The second-order valence-electron chi connectivity index (χ2n) is 11.8. The molecule has 0 aromatic heterocycles. The maximum absolute atomic E-state index is 13.7. The zero-order valence-corrected chi connectivity index (χ0v) is 24.8. The number of aliphatic hydroxyl groups excluding tert-OH is 2. The summed E-state index contributed by atoms with van der Waals surface area (Å²) in [6.45, 7) is 9.30. The van der Waals surface area contributed by atoms with E-state index in [1.54, 1.807) is 0 Å². The zero-order chi connectivity index (χ0) is 30.9. The lowest BCUT2D eigenvalue weighted by atomic mass is 9.66. The number of rotatable bonds is 10. The number of nitro benzene ring substituents is 1. The van der Waals surface area contributed by atoms with Gasteiger partial charge in [0.25, 0.3) is 5.69 Å². The summed E-state index contributed by atoms with van der Waals surface area (Å²) in [6.07, 6.45) is 3.16. The van der Waals surface area contributed by atoms with E-state index in [0.717, 1.165) is 39.2 Å². The van der Waals surface area contributed by atoms with Crippen molar-refractivity contribution < 1.29 is 29.8 Å². The molecule has 1 saturated heterocycles. The van der Waals surface area contributed by atoms with E-state index in [1.165, 1.54) is 24.3 Å². The summed E-state index contributed by atoms with van der Waals surface area (Å²) < 4.78 is 0. The molecule has 42 heavy (non-hydrogen) atoms. The minimum Gasteiger partial charge on any atom is -0.507 e. The molecule has 2 aliphatic rings. The Hall–Kier alpha value is -3.82. The van der Waals surface area contributed by atoms with Crippen LogP contribution in [0.4, 0.5) is 11.4 Å². The van der Waals surface area contributed by atoms with Crippen LogP contribution in [-0.2, 0) is 9.59 Å². The standard InChI is InChI=1S/C33H40N2O7/c1-6-21(14-22-12-19(4)31(38)20(5)13-22)10-11-28(37)29-25(18(2)3)16-26-30(27(29)17-36)33(40)34(32(26)39)23-8-7-9-24(15-23)35(41)42/h7-9,12-15,18,26-28,30,36-38H,6,10-11,16-17H2,1-5H3/b21-14+/t26-,27+,28-,30-/m1/s1. The van der Waals surface area contributed by atoms with E-state index in [1.807, 2.05) is 46.8 Å². The molecule has 2 amide bonds. The number of carbonyl (C=O) groups is 2. The second kappa shape index (κ2) is 12.6. The average Bonchev–Trinajstić information content (AvgIpc) is 3.21. The number of hydrogen-bond acceptors (Lipinski definition) is 7. The summed E-state index contributed by atoms with van der Waals surface area (Å²) in [5.41, 5.74) is 5.08. The number of phenolic OH excluding ortho intramolecular Hbond substituents is 1.